The predicted octanol–water partition coefficient (Wildman–Crippen LogP) is 3.65. The van der Waals surface area contributed by atoms with Gasteiger partial charge < -0.3 is 9.84 Å². The maximum Gasteiger partial charge on any atom is 0.328 e. The largest absolute Gasteiger partial charge is 0.496 e. The number of rotatable bonds is 5. The molecule has 3 rings (SSSR count). The van der Waals surface area contributed by atoms with Crippen molar-refractivity contribution < 1.29 is 14.6 Å². The van der Waals surface area contributed by atoms with Gasteiger partial charge in [0, 0.05) is 23.4 Å². The number of aromatic nitrogens is 2. The number of benzene rings is 2. The van der Waals surface area contributed by atoms with Crippen molar-refractivity contribution in [3.8, 4) is 22.7 Å². The Labute approximate surface area is 139 Å². The highest BCUT2D eigenvalue weighted by molar-refractivity contribution is 5.87. The van der Waals surface area contributed by atoms with Crippen LogP contribution in [0, 0.1) is 0 Å². The molecule has 120 valence electrons. The van der Waals surface area contributed by atoms with Crippen LogP contribution in [0.15, 0.2) is 66.9 Å². The fourth-order valence-corrected chi connectivity index (χ4v) is 2.43. The first-order chi connectivity index (χ1) is 11.7. The molecule has 1 N–H and O–H groups in total. The van der Waals surface area contributed by atoms with Gasteiger partial charge in [0.1, 0.15) is 11.4 Å². The average Bonchev–Trinajstić information content (AvgIpc) is 3.04. The molecule has 0 aliphatic rings. The maximum atomic E-state index is 10.9. The van der Waals surface area contributed by atoms with E-state index in [4.69, 9.17) is 9.84 Å². The highest BCUT2D eigenvalue weighted by atomic mass is 16.5. The van der Waals surface area contributed by atoms with Gasteiger partial charge in [-0.25, -0.2) is 9.48 Å². The molecule has 0 saturated heterocycles. The first kappa shape index (κ1) is 15.6. The fourth-order valence-electron chi connectivity index (χ4n) is 2.43. The van der Waals surface area contributed by atoms with Crippen molar-refractivity contribution in [3.05, 3.63) is 72.4 Å². The van der Waals surface area contributed by atoms with E-state index < -0.39 is 5.97 Å². The summed E-state index contributed by atoms with van der Waals surface area (Å²) in [5.74, 6) is -0.325. The lowest BCUT2D eigenvalue weighted by Crippen LogP contribution is -1.94. The number of para-hydroxylation sites is 2. The number of carbonyl (C=O) groups is 1. The van der Waals surface area contributed by atoms with Gasteiger partial charge in [-0.2, -0.15) is 5.10 Å². The van der Waals surface area contributed by atoms with Gasteiger partial charge in [0.15, 0.2) is 0 Å². The molecular weight excluding hydrogens is 304 g/mol. The molecule has 0 radical (unpaired) electrons. The molecule has 0 unspecified atom stereocenters. The van der Waals surface area contributed by atoms with Gasteiger partial charge in [-0.3, -0.25) is 0 Å². The van der Waals surface area contributed by atoms with Crippen molar-refractivity contribution in [2.75, 3.05) is 7.11 Å². The highest BCUT2D eigenvalue weighted by Gasteiger charge is 2.14. The summed E-state index contributed by atoms with van der Waals surface area (Å²) in [4.78, 5) is 10.9. The third-order valence-electron chi connectivity index (χ3n) is 3.53. The molecule has 24 heavy (non-hydrogen) atoms. The molecule has 3 aromatic rings. The van der Waals surface area contributed by atoms with Crippen molar-refractivity contribution >= 4 is 12.0 Å². The van der Waals surface area contributed by atoms with E-state index in [0.29, 0.717) is 17.0 Å². The lowest BCUT2D eigenvalue weighted by molar-refractivity contribution is -0.131. The first-order valence-corrected chi connectivity index (χ1v) is 7.38. The Bertz CT molecular complexity index is 883. The van der Waals surface area contributed by atoms with Crippen LogP contribution in [0.2, 0.25) is 0 Å². The van der Waals surface area contributed by atoms with Crippen LogP contribution >= 0.6 is 0 Å². The van der Waals surface area contributed by atoms with Crippen LogP contribution in [0.4, 0.5) is 0 Å². The van der Waals surface area contributed by atoms with E-state index >= 15 is 0 Å². The Balaban J connectivity index is 2.16. The predicted molar refractivity (Wildman–Crippen MR) is 92.2 cm³/mol. The number of carboxylic acid groups (broad SMARTS) is 1. The van der Waals surface area contributed by atoms with Gasteiger partial charge >= 0.3 is 5.97 Å². The van der Waals surface area contributed by atoms with Gasteiger partial charge in [0.05, 0.1) is 12.8 Å². The van der Waals surface area contributed by atoms with Gasteiger partial charge in [0.2, 0.25) is 0 Å². The minimum Gasteiger partial charge on any atom is -0.496 e. The molecule has 0 amide bonds. The number of nitrogens with zero attached hydrogens (tertiary/aromatic N) is 2. The number of methoxy groups -OCH3 is 1. The van der Waals surface area contributed by atoms with Crippen molar-refractivity contribution in [1.29, 1.82) is 0 Å². The lowest BCUT2D eigenvalue weighted by atomic mass is 10.1. The normalized spacial score (nSPS) is 10.9. The van der Waals surface area contributed by atoms with Crippen molar-refractivity contribution in [1.82, 2.24) is 9.78 Å². The summed E-state index contributed by atoms with van der Waals surface area (Å²) in [6.45, 7) is 0. The number of aliphatic carboxylic acids is 1. The Morgan fingerprint density at radius 2 is 1.83 bits per heavy atom. The maximum absolute atomic E-state index is 10.9. The molecular formula is C19H16N2O3. The standard InChI is InChI=1S/C19H16N2O3/c1-24-17-10-6-5-9-16(17)19-14(11-12-18(22)23)13-21(20-19)15-7-3-2-4-8-15/h2-13H,1H3,(H,22,23)/b12-11+. The molecule has 0 fully saturated rings. The molecule has 0 saturated carbocycles. The lowest BCUT2D eigenvalue weighted by Gasteiger charge is -2.06. The molecule has 5 heteroatoms. The fraction of sp³-hybridized carbons (Fsp3) is 0.0526. The second-order valence-corrected chi connectivity index (χ2v) is 5.09. The Morgan fingerprint density at radius 1 is 1.12 bits per heavy atom. The summed E-state index contributed by atoms with van der Waals surface area (Å²) in [7, 11) is 1.60. The van der Waals surface area contributed by atoms with Crippen LogP contribution in [0.1, 0.15) is 5.56 Å². The minimum absolute atomic E-state index is 0.661. The smallest absolute Gasteiger partial charge is 0.328 e. The summed E-state index contributed by atoms with van der Waals surface area (Å²) in [5, 5.41) is 13.6. The van der Waals surface area contributed by atoms with Crippen LogP contribution in [0.3, 0.4) is 0 Å². The van der Waals surface area contributed by atoms with Gasteiger partial charge in [-0.1, -0.05) is 30.3 Å². The zero-order chi connectivity index (χ0) is 16.9. The quantitative estimate of drug-likeness (QED) is 0.729. The van der Waals surface area contributed by atoms with Crippen LogP contribution in [0.5, 0.6) is 5.75 Å². The average molecular weight is 320 g/mol. The van der Waals surface area contributed by atoms with Gasteiger partial charge in [-0.05, 0) is 30.3 Å². The molecule has 0 bridgehead atoms. The SMILES string of the molecule is COc1ccccc1-c1nn(-c2ccccc2)cc1/C=C/C(=O)O. The van der Waals surface area contributed by atoms with E-state index in [1.807, 2.05) is 54.6 Å². The molecule has 5 nitrogen and oxygen atoms in total. The van der Waals surface area contributed by atoms with Crippen LogP contribution in [0.25, 0.3) is 23.0 Å². The number of hydrogen-bond donors (Lipinski definition) is 1. The summed E-state index contributed by atoms with van der Waals surface area (Å²) in [5.41, 5.74) is 3.06. The van der Waals surface area contributed by atoms with Crippen LogP contribution in [-0.2, 0) is 4.79 Å². The number of hydrogen-bond acceptors (Lipinski definition) is 3. The summed E-state index contributed by atoms with van der Waals surface area (Å²) in [6, 6.07) is 17.2. The topological polar surface area (TPSA) is 64.4 Å². The zero-order valence-electron chi connectivity index (χ0n) is 13.1. The van der Waals surface area contributed by atoms with E-state index in [1.165, 1.54) is 6.08 Å². The molecule has 0 aliphatic heterocycles. The van der Waals surface area contributed by atoms with E-state index in [2.05, 4.69) is 5.10 Å². The minimum atomic E-state index is -1.01. The Hall–Kier alpha value is -3.34. The Morgan fingerprint density at radius 3 is 2.54 bits per heavy atom. The van der Waals surface area contributed by atoms with Crippen molar-refractivity contribution in [2.45, 2.75) is 0 Å². The van der Waals surface area contributed by atoms with E-state index in [1.54, 1.807) is 18.0 Å². The molecule has 0 spiro atoms. The van der Waals surface area contributed by atoms with E-state index in [-0.39, 0.29) is 0 Å². The summed E-state index contributed by atoms with van der Waals surface area (Å²) >= 11 is 0. The second kappa shape index (κ2) is 6.83. The molecule has 1 heterocycles. The second-order valence-electron chi connectivity index (χ2n) is 5.09. The number of carboxylic acids is 1. The first-order valence-electron chi connectivity index (χ1n) is 7.38. The van der Waals surface area contributed by atoms with Crippen LogP contribution < -0.4 is 4.74 Å². The monoisotopic (exact) mass is 320 g/mol. The summed E-state index contributed by atoms with van der Waals surface area (Å²) < 4.78 is 7.13. The van der Waals surface area contributed by atoms with E-state index in [9.17, 15) is 4.79 Å². The Kier molecular flexibility index (Phi) is 4.43. The number of ether oxygens (including phenoxy) is 1. The molecule has 0 atom stereocenters. The summed E-state index contributed by atoms with van der Waals surface area (Å²) in [6.07, 6.45) is 4.44. The third kappa shape index (κ3) is 3.20. The van der Waals surface area contributed by atoms with Gasteiger partial charge in [-0.15, -0.1) is 0 Å². The van der Waals surface area contributed by atoms with Gasteiger partial charge in [0.25, 0.3) is 0 Å². The highest BCUT2D eigenvalue weighted by Crippen LogP contribution is 2.32. The molecule has 1 aromatic heterocycles. The molecule has 0 aliphatic carbocycles. The molecule has 2 aromatic carbocycles. The third-order valence-corrected chi connectivity index (χ3v) is 3.53. The van der Waals surface area contributed by atoms with Crippen molar-refractivity contribution in [2.24, 2.45) is 0 Å². The van der Waals surface area contributed by atoms with E-state index in [0.717, 1.165) is 17.3 Å². The van der Waals surface area contributed by atoms with Crippen LogP contribution in [-0.4, -0.2) is 28.0 Å². The van der Waals surface area contributed by atoms with Crippen molar-refractivity contribution in [3.63, 3.8) is 0 Å². The zero-order valence-corrected chi connectivity index (χ0v) is 13.1.